The van der Waals surface area contributed by atoms with E-state index in [0.717, 1.165) is 50.6 Å². The van der Waals surface area contributed by atoms with Gasteiger partial charge in [0.1, 0.15) is 11.5 Å². The molecule has 1 fully saturated rings. The monoisotopic (exact) mass is 556 g/mol. The van der Waals surface area contributed by atoms with Crippen LogP contribution in [0, 0.1) is 17.0 Å². The highest BCUT2D eigenvalue weighted by atomic mass is 16.6. The number of ether oxygens (including phenoxy) is 1. The third kappa shape index (κ3) is 5.92. The number of carbonyl (C=O) groups excluding carboxylic acids is 1. The van der Waals surface area contributed by atoms with Crippen LogP contribution in [0.2, 0.25) is 0 Å². The predicted octanol–water partition coefficient (Wildman–Crippen LogP) is 4.63. The van der Waals surface area contributed by atoms with Gasteiger partial charge < -0.3 is 19.4 Å². The topological polar surface area (TPSA) is 118 Å². The van der Waals surface area contributed by atoms with Gasteiger partial charge in [-0.2, -0.15) is 0 Å². The fourth-order valence-electron chi connectivity index (χ4n) is 5.20. The first-order valence-electron chi connectivity index (χ1n) is 13.6. The number of hydrogen-bond acceptors (Lipinski definition) is 8. The van der Waals surface area contributed by atoms with Crippen molar-refractivity contribution in [3.63, 3.8) is 0 Å². The van der Waals surface area contributed by atoms with E-state index in [-0.39, 0.29) is 33.9 Å². The second-order valence-corrected chi connectivity index (χ2v) is 9.98. The van der Waals surface area contributed by atoms with Gasteiger partial charge in [0.25, 0.3) is 11.6 Å². The molecule has 1 amide bonds. The van der Waals surface area contributed by atoms with Crippen LogP contribution in [0.15, 0.2) is 75.9 Å². The second kappa shape index (κ2) is 12.2. The fourth-order valence-corrected chi connectivity index (χ4v) is 5.20. The third-order valence-electron chi connectivity index (χ3n) is 7.46. The molecule has 4 aromatic rings. The lowest BCUT2D eigenvalue weighted by atomic mass is 10.0. The molecule has 1 saturated heterocycles. The van der Waals surface area contributed by atoms with Gasteiger partial charge in [0.2, 0.25) is 0 Å². The number of fused-ring (bicyclic) bond motifs is 1. The van der Waals surface area contributed by atoms with Gasteiger partial charge in [-0.05, 0) is 56.3 Å². The number of carbonyl (C=O) groups is 1. The lowest BCUT2D eigenvalue weighted by molar-refractivity contribution is -0.384. The van der Waals surface area contributed by atoms with Gasteiger partial charge in [-0.1, -0.05) is 18.2 Å². The molecule has 0 radical (unpaired) electrons. The minimum atomic E-state index is -0.488. The van der Waals surface area contributed by atoms with Gasteiger partial charge in [0.05, 0.1) is 28.7 Å². The first-order valence-corrected chi connectivity index (χ1v) is 13.6. The molecule has 10 heteroatoms. The molecule has 1 aromatic heterocycles. The molecule has 2 heterocycles. The number of rotatable bonds is 9. The van der Waals surface area contributed by atoms with Crippen molar-refractivity contribution in [2.45, 2.75) is 13.3 Å². The maximum absolute atomic E-state index is 13.2. The summed E-state index contributed by atoms with van der Waals surface area (Å²) in [6, 6.07) is 18.8. The van der Waals surface area contributed by atoms with E-state index >= 15 is 0 Å². The minimum Gasteiger partial charge on any atom is -0.495 e. The Kier molecular flexibility index (Phi) is 8.30. The zero-order valence-corrected chi connectivity index (χ0v) is 23.1. The number of benzene rings is 3. The van der Waals surface area contributed by atoms with E-state index in [1.807, 2.05) is 18.2 Å². The van der Waals surface area contributed by atoms with Crippen LogP contribution in [0.5, 0.6) is 5.75 Å². The number of nitrogens with zero attached hydrogens (tertiary/aromatic N) is 3. The number of amides is 1. The van der Waals surface area contributed by atoms with Crippen LogP contribution in [-0.4, -0.2) is 62.1 Å². The van der Waals surface area contributed by atoms with Gasteiger partial charge in [0.15, 0.2) is 11.0 Å². The summed E-state index contributed by atoms with van der Waals surface area (Å²) in [5.74, 6) is 0.839. The first-order chi connectivity index (χ1) is 19.9. The van der Waals surface area contributed by atoms with Crippen LogP contribution in [0.1, 0.15) is 22.3 Å². The number of para-hydroxylation sites is 3. The quantitative estimate of drug-likeness (QED) is 0.180. The summed E-state index contributed by atoms with van der Waals surface area (Å²) in [5.41, 5.74) is 2.16. The minimum absolute atomic E-state index is 0.0621. The Morgan fingerprint density at radius 2 is 1.76 bits per heavy atom. The van der Waals surface area contributed by atoms with Crippen LogP contribution in [0.25, 0.3) is 22.3 Å². The summed E-state index contributed by atoms with van der Waals surface area (Å²) in [6.45, 7) is 6.62. The van der Waals surface area contributed by atoms with E-state index in [9.17, 15) is 19.7 Å². The smallest absolute Gasteiger partial charge is 0.269 e. The van der Waals surface area contributed by atoms with Gasteiger partial charge in [-0.3, -0.25) is 24.6 Å². The number of nitrogens with one attached hydrogen (secondary N) is 1. The summed E-state index contributed by atoms with van der Waals surface area (Å²) < 4.78 is 11.6. The number of piperazine rings is 1. The van der Waals surface area contributed by atoms with Gasteiger partial charge >= 0.3 is 0 Å². The maximum atomic E-state index is 13.2. The molecule has 10 nitrogen and oxygen atoms in total. The molecule has 1 aliphatic rings. The zero-order chi connectivity index (χ0) is 28.9. The fraction of sp³-hybridized carbons (Fsp3) is 0.290. The Morgan fingerprint density at radius 1 is 1.02 bits per heavy atom. The van der Waals surface area contributed by atoms with Crippen molar-refractivity contribution in [2.24, 2.45) is 0 Å². The SMILES string of the molecule is COc1ccccc1N1CCN(CCCNC(=O)c2cccc3c(=O)c(C)c(-c4ccc([N+](=O)[O-])cc4)oc23)CC1. The van der Waals surface area contributed by atoms with Crippen molar-refractivity contribution >= 4 is 28.3 Å². The standard InChI is InChI=1S/C31H32N4O6/c1-21-28(36)24-7-5-8-25(30(24)41-29(21)22-11-13-23(14-12-22)35(38)39)31(37)32-15-6-16-33-17-19-34(20-18-33)26-9-3-4-10-27(26)40-2/h3-5,7-14H,6,15-20H2,1-2H3,(H,32,37). The molecule has 1 aliphatic heterocycles. The summed E-state index contributed by atoms with van der Waals surface area (Å²) >= 11 is 0. The van der Waals surface area contributed by atoms with Crippen LogP contribution in [0.3, 0.4) is 0 Å². The maximum Gasteiger partial charge on any atom is 0.269 e. The van der Waals surface area contributed by atoms with Gasteiger partial charge in [-0.15, -0.1) is 0 Å². The average molecular weight is 557 g/mol. The number of non-ortho nitro benzene ring substituents is 1. The second-order valence-electron chi connectivity index (χ2n) is 9.98. The van der Waals surface area contributed by atoms with Gasteiger partial charge in [-0.25, -0.2) is 0 Å². The van der Waals surface area contributed by atoms with E-state index < -0.39 is 4.92 Å². The number of nitro benzene ring substituents is 1. The van der Waals surface area contributed by atoms with Crippen molar-refractivity contribution in [3.8, 4) is 17.1 Å². The van der Waals surface area contributed by atoms with Crippen molar-refractivity contribution < 1.29 is 18.9 Å². The summed E-state index contributed by atoms with van der Waals surface area (Å²) in [6.07, 6.45) is 0.780. The molecule has 3 aromatic carbocycles. The highest BCUT2D eigenvalue weighted by Gasteiger charge is 2.21. The number of anilines is 1. The van der Waals surface area contributed by atoms with Crippen LogP contribution >= 0.6 is 0 Å². The lowest BCUT2D eigenvalue weighted by Gasteiger charge is -2.36. The molecule has 41 heavy (non-hydrogen) atoms. The average Bonchev–Trinajstić information content (AvgIpc) is 3.01. The molecule has 1 N–H and O–H groups in total. The predicted molar refractivity (Wildman–Crippen MR) is 158 cm³/mol. The van der Waals surface area contributed by atoms with Gasteiger partial charge in [0, 0.05) is 56.0 Å². The van der Waals surface area contributed by atoms with E-state index in [1.165, 1.54) is 24.3 Å². The van der Waals surface area contributed by atoms with Crippen LogP contribution < -0.4 is 20.4 Å². The zero-order valence-electron chi connectivity index (χ0n) is 23.1. The normalized spacial score (nSPS) is 13.8. The Bertz CT molecular complexity index is 1620. The molecule has 0 unspecified atom stereocenters. The Labute approximate surface area is 237 Å². The third-order valence-corrected chi connectivity index (χ3v) is 7.46. The van der Waals surface area contributed by atoms with Crippen molar-refractivity contribution in [3.05, 3.63) is 98.2 Å². The largest absolute Gasteiger partial charge is 0.495 e. The highest BCUT2D eigenvalue weighted by molar-refractivity contribution is 6.05. The summed E-state index contributed by atoms with van der Waals surface area (Å²) in [4.78, 5) is 41.6. The van der Waals surface area contributed by atoms with E-state index in [4.69, 9.17) is 9.15 Å². The first kappa shape index (κ1) is 27.9. The van der Waals surface area contributed by atoms with Crippen LogP contribution in [-0.2, 0) is 0 Å². The van der Waals surface area contributed by atoms with Crippen molar-refractivity contribution in [1.29, 1.82) is 0 Å². The molecule has 5 rings (SSSR count). The molecule has 212 valence electrons. The van der Waals surface area contributed by atoms with Crippen LogP contribution in [0.4, 0.5) is 11.4 Å². The Morgan fingerprint density at radius 3 is 2.46 bits per heavy atom. The molecule has 0 bridgehead atoms. The Balaban J connectivity index is 1.22. The molecular formula is C31H32N4O6. The highest BCUT2D eigenvalue weighted by Crippen LogP contribution is 2.30. The summed E-state index contributed by atoms with van der Waals surface area (Å²) in [7, 11) is 1.69. The number of methoxy groups -OCH3 is 1. The molecule has 0 saturated carbocycles. The molecular weight excluding hydrogens is 524 g/mol. The van der Waals surface area contributed by atoms with Crippen molar-refractivity contribution in [2.75, 3.05) is 51.3 Å². The van der Waals surface area contributed by atoms with E-state index in [0.29, 0.717) is 23.1 Å². The molecule has 0 spiro atoms. The summed E-state index contributed by atoms with van der Waals surface area (Å²) in [5, 5.41) is 14.3. The number of nitro groups is 1. The van der Waals surface area contributed by atoms with Crippen molar-refractivity contribution in [1.82, 2.24) is 10.2 Å². The Hall–Kier alpha value is -4.70. The van der Waals surface area contributed by atoms with E-state index in [1.54, 1.807) is 32.2 Å². The molecule has 0 aliphatic carbocycles. The number of hydrogen-bond donors (Lipinski definition) is 1. The lowest BCUT2D eigenvalue weighted by Crippen LogP contribution is -2.47. The molecule has 0 atom stereocenters. The van der Waals surface area contributed by atoms with E-state index in [2.05, 4.69) is 21.2 Å².